The van der Waals surface area contributed by atoms with Gasteiger partial charge in [-0.1, -0.05) is 36.7 Å². The molecule has 2 rings (SSSR count). The Morgan fingerprint density at radius 3 is 2.88 bits per heavy atom. The van der Waals surface area contributed by atoms with Crippen molar-refractivity contribution >= 4 is 34.3 Å². The van der Waals surface area contributed by atoms with Crippen molar-refractivity contribution in [1.29, 1.82) is 5.41 Å². The molecule has 3 N–H and O–H groups in total. The van der Waals surface area contributed by atoms with E-state index in [-0.39, 0.29) is 0 Å². The average Bonchev–Trinajstić information content (AvgIpc) is 2.98. The standard InChI is InChI=1S/C19H22ClN3OS/c1-4-5-7-13(24-3)10-11-16-12(2)23-19(25-16)18(22)14-8-6-9-15(20)17(14)21/h5-10,22H,4,11,21H2,1-3H3/b7-5-,13-10+,22-18?. The highest BCUT2D eigenvalue weighted by atomic mass is 35.5. The zero-order chi connectivity index (χ0) is 18.4. The van der Waals surface area contributed by atoms with Crippen LogP contribution in [0.5, 0.6) is 0 Å². The van der Waals surface area contributed by atoms with Crippen LogP contribution in [-0.4, -0.2) is 17.8 Å². The molecule has 0 bridgehead atoms. The number of benzene rings is 1. The van der Waals surface area contributed by atoms with E-state index in [0.29, 0.717) is 33.4 Å². The van der Waals surface area contributed by atoms with Crippen LogP contribution in [0.4, 0.5) is 5.69 Å². The number of nitrogen functional groups attached to an aromatic ring is 1. The van der Waals surface area contributed by atoms with Gasteiger partial charge in [0.25, 0.3) is 0 Å². The van der Waals surface area contributed by atoms with Crippen LogP contribution in [0.1, 0.15) is 34.5 Å². The predicted molar refractivity (Wildman–Crippen MR) is 107 cm³/mol. The first-order valence-corrected chi connectivity index (χ1v) is 9.17. The maximum Gasteiger partial charge on any atom is 0.142 e. The molecule has 6 heteroatoms. The molecule has 0 amide bonds. The fourth-order valence-corrected chi connectivity index (χ4v) is 3.40. The first-order valence-electron chi connectivity index (χ1n) is 7.98. The SMILES string of the molecule is CC/C=C\C(=C/Cc1sc(C(=N)c2cccc(Cl)c2N)nc1C)OC. The Morgan fingerprint density at radius 1 is 1.44 bits per heavy atom. The van der Waals surface area contributed by atoms with Crippen LogP contribution in [0, 0.1) is 12.3 Å². The second kappa shape index (κ2) is 8.83. The van der Waals surface area contributed by atoms with Gasteiger partial charge in [-0.05, 0) is 31.6 Å². The van der Waals surface area contributed by atoms with E-state index in [0.717, 1.165) is 22.8 Å². The number of halogens is 1. The Labute approximate surface area is 157 Å². The minimum atomic E-state index is 0.293. The van der Waals surface area contributed by atoms with Crippen LogP contribution in [0.3, 0.4) is 0 Å². The summed E-state index contributed by atoms with van der Waals surface area (Å²) in [5.41, 5.74) is 8.22. The Morgan fingerprint density at radius 2 is 2.20 bits per heavy atom. The topological polar surface area (TPSA) is 72.0 Å². The summed E-state index contributed by atoms with van der Waals surface area (Å²) in [7, 11) is 1.66. The molecular weight excluding hydrogens is 354 g/mol. The molecule has 0 atom stereocenters. The van der Waals surface area contributed by atoms with Crippen molar-refractivity contribution < 1.29 is 4.74 Å². The fraction of sp³-hybridized carbons (Fsp3) is 0.263. The molecule has 0 saturated heterocycles. The molecule has 1 heterocycles. The van der Waals surface area contributed by atoms with Gasteiger partial charge in [0, 0.05) is 16.9 Å². The van der Waals surface area contributed by atoms with Gasteiger partial charge in [0.05, 0.1) is 29.2 Å². The van der Waals surface area contributed by atoms with Crippen molar-refractivity contribution in [3.8, 4) is 0 Å². The second-order valence-electron chi connectivity index (χ2n) is 5.43. The Hall–Kier alpha value is -2.11. The number of anilines is 1. The molecule has 25 heavy (non-hydrogen) atoms. The van der Waals surface area contributed by atoms with Crippen molar-refractivity contribution in [3.05, 3.63) is 68.4 Å². The van der Waals surface area contributed by atoms with Gasteiger partial charge in [-0.15, -0.1) is 11.3 Å². The van der Waals surface area contributed by atoms with Crippen LogP contribution < -0.4 is 5.73 Å². The van der Waals surface area contributed by atoms with E-state index in [4.69, 9.17) is 27.5 Å². The molecular formula is C19H22ClN3OS. The van der Waals surface area contributed by atoms with Crippen molar-refractivity contribution in [2.75, 3.05) is 12.8 Å². The van der Waals surface area contributed by atoms with Gasteiger partial charge >= 0.3 is 0 Å². The van der Waals surface area contributed by atoms with Crippen molar-refractivity contribution in [2.45, 2.75) is 26.7 Å². The quantitative estimate of drug-likeness (QED) is 0.304. The summed E-state index contributed by atoms with van der Waals surface area (Å²) < 4.78 is 5.35. The molecule has 2 aromatic rings. The molecule has 132 valence electrons. The Bertz CT molecular complexity index is 824. The van der Waals surface area contributed by atoms with E-state index in [9.17, 15) is 0 Å². The highest BCUT2D eigenvalue weighted by Crippen LogP contribution is 2.27. The lowest BCUT2D eigenvalue weighted by Gasteiger charge is -2.06. The molecule has 0 spiro atoms. The summed E-state index contributed by atoms with van der Waals surface area (Å²) in [4.78, 5) is 5.63. The molecule has 0 unspecified atom stereocenters. The van der Waals surface area contributed by atoms with Gasteiger partial charge in [0.1, 0.15) is 10.8 Å². The number of aromatic nitrogens is 1. The van der Waals surface area contributed by atoms with Gasteiger partial charge < -0.3 is 10.5 Å². The molecule has 0 saturated carbocycles. The summed E-state index contributed by atoms with van der Waals surface area (Å²) in [5.74, 6) is 0.824. The number of hydrogen-bond acceptors (Lipinski definition) is 5. The third kappa shape index (κ3) is 4.71. The van der Waals surface area contributed by atoms with E-state index in [1.807, 2.05) is 19.1 Å². The lowest BCUT2D eigenvalue weighted by atomic mass is 10.1. The van der Waals surface area contributed by atoms with Crippen molar-refractivity contribution in [2.24, 2.45) is 0 Å². The highest BCUT2D eigenvalue weighted by Gasteiger charge is 2.16. The molecule has 0 aliphatic rings. The smallest absolute Gasteiger partial charge is 0.142 e. The third-order valence-corrected chi connectivity index (χ3v) is 5.20. The molecule has 0 radical (unpaired) electrons. The summed E-state index contributed by atoms with van der Waals surface area (Å²) in [6, 6.07) is 5.29. The number of nitrogens with one attached hydrogen (secondary N) is 1. The highest BCUT2D eigenvalue weighted by molar-refractivity contribution is 7.14. The largest absolute Gasteiger partial charge is 0.497 e. The molecule has 0 fully saturated rings. The minimum absolute atomic E-state index is 0.293. The van der Waals surface area contributed by atoms with E-state index in [2.05, 4.69) is 18.0 Å². The first-order chi connectivity index (χ1) is 12.0. The zero-order valence-corrected chi connectivity index (χ0v) is 16.2. The molecule has 1 aromatic heterocycles. The van der Waals surface area contributed by atoms with Crippen LogP contribution in [0.25, 0.3) is 0 Å². The molecule has 4 nitrogen and oxygen atoms in total. The van der Waals surface area contributed by atoms with E-state index in [1.165, 1.54) is 11.3 Å². The first kappa shape index (κ1) is 19.2. The number of thiazole rings is 1. The summed E-state index contributed by atoms with van der Waals surface area (Å²) in [5, 5.41) is 9.51. The third-order valence-electron chi connectivity index (χ3n) is 3.67. The van der Waals surface area contributed by atoms with Gasteiger partial charge in [-0.25, -0.2) is 4.98 Å². The maximum atomic E-state index is 8.42. The number of ether oxygens (including phenoxy) is 1. The van der Waals surface area contributed by atoms with Crippen LogP contribution >= 0.6 is 22.9 Å². The molecule has 0 aliphatic heterocycles. The lowest BCUT2D eigenvalue weighted by Crippen LogP contribution is -2.05. The maximum absolute atomic E-state index is 8.42. The summed E-state index contributed by atoms with van der Waals surface area (Å²) in [6.07, 6.45) is 7.71. The summed E-state index contributed by atoms with van der Waals surface area (Å²) in [6.45, 7) is 4.03. The number of hydrogen-bond donors (Lipinski definition) is 2. The minimum Gasteiger partial charge on any atom is -0.497 e. The summed E-state index contributed by atoms with van der Waals surface area (Å²) >= 11 is 7.55. The Kier molecular flexibility index (Phi) is 6.79. The molecule has 0 aliphatic carbocycles. The second-order valence-corrected chi connectivity index (χ2v) is 6.92. The van der Waals surface area contributed by atoms with Gasteiger partial charge in [-0.3, -0.25) is 5.41 Å². The fourth-order valence-electron chi connectivity index (χ4n) is 2.24. The molecule has 1 aromatic carbocycles. The van der Waals surface area contributed by atoms with Crippen molar-refractivity contribution in [1.82, 2.24) is 4.98 Å². The lowest BCUT2D eigenvalue weighted by molar-refractivity contribution is 0.305. The zero-order valence-electron chi connectivity index (χ0n) is 14.6. The number of rotatable bonds is 7. The number of para-hydroxylation sites is 1. The van der Waals surface area contributed by atoms with Crippen LogP contribution in [0.15, 0.2) is 42.2 Å². The van der Waals surface area contributed by atoms with Crippen molar-refractivity contribution in [3.63, 3.8) is 0 Å². The van der Waals surface area contributed by atoms with E-state index >= 15 is 0 Å². The average molecular weight is 376 g/mol. The van der Waals surface area contributed by atoms with Gasteiger partial charge in [0.2, 0.25) is 0 Å². The van der Waals surface area contributed by atoms with Gasteiger partial charge in [-0.2, -0.15) is 0 Å². The van der Waals surface area contributed by atoms with E-state index < -0.39 is 0 Å². The number of aryl methyl sites for hydroxylation is 1. The van der Waals surface area contributed by atoms with E-state index in [1.54, 1.807) is 25.3 Å². The van der Waals surface area contributed by atoms with Crippen LogP contribution in [0.2, 0.25) is 5.02 Å². The monoisotopic (exact) mass is 375 g/mol. The van der Waals surface area contributed by atoms with Crippen LogP contribution in [-0.2, 0) is 11.2 Å². The number of nitrogens with zero attached hydrogens (tertiary/aromatic N) is 1. The number of methoxy groups -OCH3 is 1. The number of allylic oxidation sites excluding steroid dienone is 3. The Balaban J connectivity index is 2.25. The van der Waals surface area contributed by atoms with Gasteiger partial charge in [0.15, 0.2) is 0 Å². The normalized spacial score (nSPS) is 11.9. The number of nitrogens with two attached hydrogens (primary N) is 1. The predicted octanol–water partition coefficient (Wildman–Crippen LogP) is 5.14.